The maximum atomic E-state index is 13.5. The predicted molar refractivity (Wildman–Crippen MR) is 80.1 cm³/mol. The molecule has 20 heavy (non-hydrogen) atoms. The molecule has 2 rings (SSSR count). The van der Waals surface area contributed by atoms with E-state index in [1.165, 1.54) is 0 Å². The SMILES string of the molecule is OCCCOC1CCN(Cc2ccc(Br)c(F)c2)CC1. The molecule has 1 saturated heterocycles. The third-order valence-electron chi connectivity index (χ3n) is 3.58. The van der Waals surface area contributed by atoms with Gasteiger partial charge in [0.15, 0.2) is 0 Å². The van der Waals surface area contributed by atoms with Crippen LogP contribution in [0.3, 0.4) is 0 Å². The van der Waals surface area contributed by atoms with E-state index >= 15 is 0 Å². The van der Waals surface area contributed by atoms with E-state index in [1.807, 2.05) is 6.07 Å². The highest BCUT2D eigenvalue weighted by Gasteiger charge is 2.19. The summed E-state index contributed by atoms with van der Waals surface area (Å²) in [6, 6.07) is 5.31. The summed E-state index contributed by atoms with van der Waals surface area (Å²) in [5.74, 6) is -0.204. The van der Waals surface area contributed by atoms with Gasteiger partial charge in [0.1, 0.15) is 5.82 Å². The third-order valence-corrected chi connectivity index (χ3v) is 4.22. The molecule has 0 amide bonds. The molecule has 0 radical (unpaired) electrons. The van der Waals surface area contributed by atoms with Crippen LogP contribution in [0.4, 0.5) is 4.39 Å². The van der Waals surface area contributed by atoms with E-state index in [1.54, 1.807) is 12.1 Å². The maximum Gasteiger partial charge on any atom is 0.137 e. The Kier molecular flexibility index (Phi) is 6.42. The fourth-order valence-corrected chi connectivity index (χ4v) is 2.69. The molecule has 1 aliphatic heterocycles. The van der Waals surface area contributed by atoms with Crippen LogP contribution in [-0.4, -0.2) is 42.4 Å². The third kappa shape index (κ3) is 4.81. The molecule has 5 heteroatoms. The lowest BCUT2D eigenvalue weighted by atomic mass is 10.1. The van der Waals surface area contributed by atoms with Gasteiger partial charge in [0.25, 0.3) is 0 Å². The Balaban J connectivity index is 1.75. The van der Waals surface area contributed by atoms with Crippen LogP contribution in [-0.2, 0) is 11.3 Å². The zero-order valence-corrected chi connectivity index (χ0v) is 13.1. The predicted octanol–water partition coefficient (Wildman–Crippen LogP) is 2.95. The molecule has 0 aliphatic carbocycles. The Morgan fingerprint density at radius 2 is 2.10 bits per heavy atom. The Morgan fingerprint density at radius 1 is 1.35 bits per heavy atom. The number of likely N-dealkylation sites (tertiary alicyclic amines) is 1. The Labute approximate surface area is 127 Å². The second-order valence-corrected chi connectivity index (χ2v) is 6.03. The van der Waals surface area contributed by atoms with Crippen molar-refractivity contribution in [2.75, 3.05) is 26.3 Å². The van der Waals surface area contributed by atoms with Crippen LogP contribution in [0.2, 0.25) is 0 Å². The molecular weight excluding hydrogens is 325 g/mol. The second-order valence-electron chi connectivity index (χ2n) is 5.17. The molecule has 0 unspecified atom stereocenters. The Bertz CT molecular complexity index is 422. The summed E-state index contributed by atoms with van der Waals surface area (Å²) in [5.41, 5.74) is 1.00. The van der Waals surface area contributed by atoms with Gasteiger partial charge in [-0.25, -0.2) is 4.39 Å². The van der Waals surface area contributed by atoms with E-state index in [9.17, 15) is 4.39 Å². The quantitative estimate of drug-likeness (QED) is 0.804. The van der Waals surface area contributed by atoms with Gasteiger partial charge in [0.2, 0.25) is 0 Å². The van der Waals surface area contributed by atoms with Gasteiger partial charge in [0.05, 0.1) is 10.6 Å². The number of hydrogen-bond donors (Lipinski definition) is 1. The largest absolute Gasteiger partial charge is 0.396 e. The number of rotatable bonds is 6. The lowest BCUT2D eigenvalue weighted by Gasteiger charge is -2.31. The number of nitrogens with zero attached hydrogens (tertiary/aromatic N) is 1. The summed E-state index contributed by atoms with van der Waals surface area (Å²) in [4.78, 5) is 2.33. The first-order chi connectivity index (χ1) is 9.69. The first-order valence-corrected chi connectivity index (χ1v) is 7.87. The summed E-state index contributed by atoms with van der Waals surface area (Å²) in [6.45, 7) is 3.56. The molecule has 1 fully saturated rings. The Morgan fingerprint density at radius 3 is 2.75 bits per heavy atom. The minimum absolute atomic E-state index is 0.188. The van der Waals surface area contributed by atoms with Crippen molar-refractivity contribution in [1.82, 2.24) is 4.90 Å². The molecule has 0 spiro atoms. The van der Waals surface area contributed by atoms with Crippen molar-refractivity contribution in [3.8, 4) is 0 Å². The van der Waals surface area contributed by atoms with E-state index in [2.05, 4.69) is 20.8 Å². The fourth-order valence-electron chi connectivity index (χ4n) is 2.44. The van der Waals surface area contributed by atoms with Crippen molar-refractivity contribution in [2.24, 2.45) is 0 Å². The van der Waals surface area contributed by atoms with Gasteiger partial charge in [-0.2, -0.15) is 0 Å². The normalized spacial score (nSPS) is 17.6. The van der Waals surface area contributed by atoms with Gasteiger partial charge >= 0.3 is 0 Å². The Hall–Kier alpha value is -0.490. The highest BCUT2D eigenvalue weighted by Crippen LogP contribution is 2.20. The summed E-state index contributed by atoms with van der Waals surface area (Å²) in [7, 11) is 0. The highest BCUT2D eigenvalue weighted by atomic mass is 79.9. The number of piperidine rings is 1. The molecule has 112 valence electrons. The minimum atomic E-state index is -0.204. The fraction of sp³-hybridized carbons (Fsp3) is 0.600. The lowest BCUT2D eigenvalue weighted by Crippen LogP contribution is -2.36. The van der Waals surface area contributed by atoms with Crippen LogP contribution in [0.25, 0.3) is 0 Å². The monoisotopic (exact) mass is 345 g/mol. The van der Waals surface area contributed by atoms with Crippen LogP contribution in [0.5, 0.6) is 0 Å². The van der Waals surface area contributed by atoms with Crippen molar-refractivity contribution < 1.29 is 14.2 Å². The molecule has 0 bridgehead atoms. The zero-order valence-electron chi connectivity index (χ0n) is 11.5. The van der Waals surface area contributed by atoms with Gasteiger partial charge in [-0.05, 0) is 52.9 Å². The number of ether oxygens (including phenoxy) is 1. The minimum Gasteiger partial charge on any atom is -0.396 e. The van der Waals surface area contributed by atoms with Crippen molar-refractivity contribution in [2.45, 2.75) is 31.9 Å². The number of benzene rings is 1. The first kappa shape index (κ1) is 15.9. The molecule has 1 aliphatic rings. The molecule has 1 aromatic rings. The summed E-state index contributed by atoms with van der Waals surface area (Å²) in [5, 5.41) is 8.72. The molecule has 3 nitrogen and oxygen atoms in total. The van der Waals surface area contributed by atoms with Crippen LogP contribution >= 0.6 is 15.9 Å². The van der Waals surface area contributed by atoms with Crippen LogP contribution in [0.1, 0.15) is 24.8 Å². The zero-order chi connectivity index (χ0) is 14.4. The van der Waals surface area contributed by atoms with E-state index in [0.29, 0.717) is 23.6 Å². The average Bonchev–Trinajstić information content (AvgIpc) is 2.45. The number of halogens is 2. The van der Waals surface area contributed by atoms with Gasteiger partial charge < -0.3 is 9.84 Å². The van der Waals surface area contributed by atoms with E-state index in [0.717, 1.165) is 38.0 Å². The molecule has 0 atom stereocenters. The summed E-state index contributed by atoms with van der Waals surface area (Å²) in [6.07, 6.45) is 3.02. The molecule has 1 heterocycles. The first-order valence-electron chi connectivity index (χ1n) is 7.08. The molecule has 0 aromatic heterocycles. The van der Waals surface area contributed by atoms with Crippen LogP contribution < -0.4 is 0 Å². The number of aliphatic hydroxyl groups is 1. The smallest absolute Gasteiger partial charge is 0.137 e. The van der Waals surface area contributed by atoms with Gasteiger partial charge in [-0.3, -0.25) is 4.90 Å². The molecular formula is C15H21BrFNO2. The molecule has 1 aromatic carbocycles. The lowest BCUT2D eigenvalue weighted by molar-refractivity contribution is 0.000770. The standard InChI is InChI=1S/C15H21BrFNO2/c16-14-3-2-12(10-15(14)17)11-18-6-4-13(5-7-18)20-9-1-8-19/h2-3,10,13,19H,1,4-9,11H2. The maximum absolute atomic E-state index is 13.5. The average molecular weight is 346 g/mol. The topological polar surface area (TPSA) is 32.7 Å². The van der Waals surface area contributed by atoms with Crippen molar-refractivity contribution >= 4 is 15.9 Å². The van der Waals surface area contributed by atoms with Crippen molar-refractivity contribution in [3.63, 3.8) is 0 Å². The molecule has 0 saturated carbocycles. The van der Waals surface area contributed by atoms with Gasteiger partial charge in [-0.1, -0.05) is 6.07 Å². The number of hydrogen-bond acceptors (Lipinski definition) is 3. The van der Waals surface area contributed by atoms with Crippen LogP contribution in [0, 0.1) is 5.82 Å². The van der Waals surface area contributed by atoms with Gasteiger partial charge in [-0.15, -0.1) is 0 Å². The van der Waals surface area contributed by atoms with Crippen LogP contribution in [0.15, 0.2) is 22.7 Å². The summed E-state index contributed by atoms with van der Waals surface area (Å²) < 4.78 is 19.7. The second kappa shape index (κ2) is 8.08. The number of aliphatic hydroxyl groups excluding tert-OH is 1. The summed E-state index contributed by atoms with van der Waals surface area (Å²) >= 11 is 3.17. The highest BCUT2D eigenvalue weighted by molar-refractivity contribution is 9.10. The van der Waals surface area contributed by atoms with Crippen molar-refractivity contribution in [1.29, 1.82) is 0 Å². The van der Waals surface area contributed by atoms with E-state index in [-0.39, 0.29) is 12.4 Å². The van der Waals surface area contributed by atoms with Gasteiger partial charge in [0, 0.05) is 32.8 Å². The van der Waals surface area contributed by atoms with E-state index < -0.39 is 0 Å². The molecule has 1 N–H and O–H groups in total. The van der Waals surface area contributed by atoms with Crippen molar-refractivity contribution in [3.05, 3.63) is 34.1 Å². The van der Waals surface area contributed by atoms with E-state index in [4.69, 9.17) is 9.84 Å².